The van der Waals surface area contributed by atoms with E-state index in [9.17, 15) is 9.59 Å². The number of hydrogen-bond acceptors (Lipinski definition) is 4. The summed E-state index contributed by atoms with van der Waals surface area (Å²) < 4.78 is 11.3. The number of esters is 2. The predicted molar refractivity (Wildman–Crippen MR) is 103 cm³/mol. The van der Waals surface area contributed by atoms with Crippen molar-refractivity contribution in [3.05, 3.63) is 0 Å². The normalized spacial score (nSPS) is 39.6. The Morgan fingerprint density at radius 3 is 1.37 bits per heavy atom. The Labute approximate surface area is 163 Å². The van der Waals surface area contributed by atoms with Crippen LogP contribution >= 0.6 is 0 Å². The molecule has 0 aliphatic heterocycles. The summed E-state index contributed by atoms with van der Waals surface area (Å²) in [6.45, 7) is 4.02. The molecule has 0 aromatic rings. The second-order valence-electron chi connectivity index (χ2n) is 9.93. The largest absolute Gasteiger partial charge is 0.462 e. The molecule has 6 saturated carbocycles. The molecule has 4 heteroatoms. The lowest BCUT2D eigenvalue weighted by molar-refractivity contribution is -0.165. The van der Waals surface area contributed by atoms with Gasteiger partial charge in [0.15, 0.2) is 0 Å². The van der Waals surface area contributed by atoms with Crippen LogP contribution in [0.2, 0.25) is 0 Å². The minimum atomic E-state index is -0.411. The van der Waals surface area contributed by atoms with Gasteiger partial charge >= 0.3 is 11.9 Å². The van der Waals surface area contributed by atoms with Crippen LogP contribution in [-0.2, 0) is 19.1 Å². The van der Waals surface area contributed by atoms with Gasteiger partial charge in [0, 0.05) is 0 Å². The van der Waals surface area contributed by atoms with Crippen LogP contribution in [0.4, 0.5) is 0 Å². The number of carbonyl (C=O) groups excluding carboxylic acids is 2. The van der Waals surface area contributed by atoms with E-state index in [0.29, 0.717) is 23.7 Å². The second kappa shape index (κ2) is 8.13. The Kier molecular flexibility index (Phi) is 5.80. The van der Waals surface area contributed by atoms with E-state index in [0.717, 1.165) is 11.8 Å². The molecule has 152 valence electrons. The second-order valence-corrected chi connectivity index (χ2v) is 9.93. The van der Waals surface area contributed by atoms with Gasteiger partial charge in [-0.25, -0.2) is 0 Å². The van der Waals surface area contributed by atoms with E-state index in [2.05, 4.69) is 0 Å². The molecule has 6 rings (SSSR count). The minimum absolute atomic E-state index is 0.0788. The van der Waals surface area contributed by atoms with Gasteiger partial charge in [0.05, 0.1) is 0 Å². The van der Waals surface area contributed by atoms with Crippen molar-refractivity contribution in [3.63, 3.8) is 0 Å². The van der Waals surface area contributed by atoms with E-state index in [4.69, 9.17) is 9.47 Å². The number of fused-ring (bicyclic) bond motifs is 6. The lowest BCUT2D eigenvalue weighted by Crippen LogP contribution is -2.40. The third-order valence-corrected chi connectivity index (χ3v) is 8.33. The van der Waals surface area contributed by atoms with Gasteiger partial charge in [0.2, 0.25) is 0 Å². The highest BCUT2D eigenvalue weighted by molar-refractivity contribution is 5.91. The molecule has 6 fully saturated rings. The number of ether oxygens (including phenoxy) is 2. The summed E-state index contributed by atoms with van der Waals surface area (Å²) in [4.78, 5) is 24.6. The van der Waals surface area contributed by atoms with Crippen LogP contribution < -0.4 is 0 Å². The quantitative estimate of drug-likeness (QED) is 0.489. The van der Waals surface area contributed by atoms with Gasteiger partial charge in [0.1, 0.15) is 18.6 Å². The maximum Gasteiger partial charge on any atom is 0.317 e. The molecule has 0 aromatic carbocycles. The van der Waals surface area contributed by atoms with E-state index < -0.39 is 11.9 Å². The maximum atomic E-state index is 12.3. The molecule has 27 heavy (non-hydrogen) atoms. The Balaban J connectivity index is 1.21. The third-order valence-electron chi connectivity index (χ3n) is 8.33. The highest BCUT2D eigenvalue weighted by atomic mass is 16.6. The fourth-order valence-corrected chi connectivity index (χ4v) is 6.80. The number of carbonyl (C=O) groups is 2. The first kappa shape index (κ1) is 19.3. The highest BCUT2D eigenvalue weighted by Gasteiger charge is 2.41. The van der Waals surface area contributed by atoms with Crippen LogP contribution in [0.1, 0.15) is 84.5 Å². The molecule has 0 aromatic heterocycles. The molecule has 0 amide bonds. The Hall–Kier alpha value is -1.06. The SMILES string of the molecule is CC(OC(=O)CC(=O)OC(C)C1CC2CCC1CC2)C1CC2CCC1CC2. The molecule has 0 N–H and O–H groups in total. The molecule has 0 heterocycles. The summed E-state index contributed by atoms with van der Waals surface area (Å²) in [6.07, 6.45) is 12.5. The first-order chi connectivity index (χ1) is 13.0. The van der Waals surface area contributed by atoms with Gasteiger partial charge in [-0.05, 0) is 87.9 Å². The minimum Gasteiger partial charge on any atom is -0.462 e. The molecule has 4 nitrogen and oxygen atoms in total. The summed E-state index contributed by atoms with van der Waals surface area (Å²) in [5, 5.41) is 0. The summed E-state index contributed by atoms with van der Waals surface area (Å²) >= 11 is 0. The van der Waals surface area contributed by atoms with Crippen molar-refractivity contribution in [2.75, 3.05) is 0 Å². The smallest absolute Gasteiger partial charge is 0.317 e. The lowest BCUT2D eigenvalue weighted by Gasteiger charge is -2.44. The van der Waals surface area contributed by atoms with Gasteiger partial charge in [-0.15, -0.1) is 0 Å². The third kappa shape index (κ3) is 4.35. The monoisotopic (exact) mass is 376 g/mol. The molecular weight excluding hydrogens is 340 g/mol. The van der Waals surface area contributed by atoms with Crippen LogP contribution in [-0.4, -0.2) is 24.1 Å². The molecule has 0 radical (unpaired) electrons. The van der Waals surface area contributed by atoms with Crippen molar-refractivity contribution < 1.29 is 19.1 Å². The van der Waals surface area contributed by atoms with Gasteiger partial charge < -0.3 is 9.47 Å². The molecule has 4 atom stereocenters. The molecule has 0 spiro atoms. The van der Waals surface area contributed by atoms with Crippen LogP contribution in [0.3, 0.4) is 0 Å². The summed E-state index contributed by atoms with van der Waals surface area (Å²) in [5.41, 5.74) is 0. The summed E-state index contributed by atoms with van der Waals surface area (Å²) in [6, 6.07) is 0. The number of hydrogen-bond donors (Lipinski definition) is 0. The van der Waals surface area contributed by atoms with E-state index in [1.54, 1.807) is 0 Å². The van der Waals surface area contributed by atoms with Crippen molar-refractivity contribution in [1.82, 2.24) is 0 Å². The van der Waals surface area contributed by atoms with Crippen molar-refractivity contribution in [3.8, 4) is 0 Å². The lowest BCUT2D eigenvalue weighted by atomic mass is 9.63. The van der Waals surface area contributed by atoms with Crippen molar-refractivity contribution in [2.45, 2.75) is 96.7 Å². The van der Waals surface area contributed by atoms with Crippen molar-refractivity contribution >= 4 is 11.9 Å². The Morgan fingerprint density at radius 1 is 0.704 bits per heavy atom. The van der Waals surface area contributed by atoms with Crippen LogP contribution in [0.15, 0.2) is 0 Å². The van der Waals surface area contributed by atoms with Crippen LogP contribution in [0.5, 0.6) is 0 Å². The first-order valence-corrected chi connectivity index (χ1v) is 11.4. The van der Waals surface area contributed by atoms with Gasteiger partial charge in [-0.3, -0.25) is 9.59 Å². The molecule has 4 unspecified atom stereocenters. The molecular formula is C23H36O4. The molecule has 0 saturated heterocycles. The van der Waals surface area contributed by atoms with Gasteiger partial charge in [0.25, 0.3) is 0 Å². The maximum absolute atomic E-state index is 12.3. The van der Waals surface area contributed by atoms with E-state index in [1.807, 2.05) is 13.8 Å². The Bertz CT molecular complexity index is 495. The predicted octanol–water partition coefficient (Wildman–Crippen LogP) is 4.89. The first-order valence-electron chi connectivity index (χ1n) is 11.4. The summed E-state index contributed by atoms with van der Waals surface area (Å²) in [5.74, 6) is 3.18. The zero-order valence-corrected chi connectivity index (χ0v) is 17.0. The molecule has 4 bridgehead atoms. The van der Waals surface area contributed by atoms with E-state index >= 15 is 0 Å². The van der Waals surface area contributed by atoms with E-state index in [1.165, 1.54) is 64.2 Å². The fourth-order valence-electron chi connectivity index (χ4n) is 6.80. The molecule has 6 aliphatic rings. The molecule has 6 aliphatic carbocycles. The van der Waals surface area contributed by atoms with Gasteiger partial charge in [-0.2, -0.15) is 0 Å². The summed E-state index contributed by atoms with van der Waals surface area (Å²) in [7, 11) is 0. The van der Waals surface area contributed by atoms with E-state index in [-0.39, 0.29) is 18.6 Å². The average molecular weight is 377 g/mol. The zero-order chi connectivity index (χ0) is 19.0. The highest BCUT2D eigenvalue weighted by Crippen LogP contribution is 2.47. The zero-order valence-electron chi connectivity index (χ0n) is 17.0. The van der Waals surface area contributed by atoms with Crippen molar-refractivity contribution in [1.29, 1.82) is 0 Å². The standard InChI is InChI=1S/C23H36O4/c1-14(20-11-16-3-7-18(20)8-4-16)26-22(24)13-23(25)27-15(2)21-12-17-5-9-19(21)10-6-17/h14-21H,3-13H2,1-2H3. The van der Waals surface area contributed by atoms with Gasteiger partial charge in [-0.1, -0.05) is 25.7 Å². The Morgan fingerprint density at radius 2 is 1.07 bits per heavy atom. The fraction of sp³-hybridized carbons (Fsp3) is 0.913. The van der Waals surface area contributed by atoms with Crippen molar-refractivity contribution in [2.24, 2.45) is 35.5 Å². The van der Waals surface area contributed by atoms with Crippen LogP contribution in [0, 0.1) is 35.5 Å². The number of rotatable bonds is 6. The topological polar surface area (TPSA) is 52.6 Å². The average Bonchev–Trinajstić information content (AvgIpc) is 2.69. The van der Waals surface area contributed by atoms with Crippen LogP contribution in [0.25, 0.3) is 0 Å².